The van der Waals surface area contributed by atoms with E-state index in [2.05, 4.69) is 20.9 Å². The first-order chi connectivity index (χ1) is 12.1. The van der Waals surface area contributed by atoms with Gasteiger partial charge in [-0.2, -0.15) is 0 Å². The molecule has 0 saturated heterocycles. The summed E-state index contributed by atoms with van der Waals surface area (Å²) in [5.41, 5.74) is 1.68. The van der Waals surface area contributed by atoms with Crippen molar-refractivity contribution in [1.29, 1.82) is 0 Å². The second-order valence-corrected chi connectivity index (χ2v) is 6.42. The third-order valence-corrected chi connectivity index (χ3v) is 4.46. The van der Waals surface area contributed by atoms with Gasteiger partial charge in [0.15, 0.2) is 0 Å². The molecule has 0 saturated carbocycles. The molecular formula is C20H17BrN2O2. The quantitative estimate of drug-likeness (QED) is 0.615. The van der Waals surface area contributed by atoms with Gasteiger partial charge in [0.05, 0.1) is 6.20 Å². The number of halogens is 1. The van der Waals surface area contributed by atoms with Crippen molar-refractivity contribution in [3.8, 4) is 11.5 Å². The molecular weight excluding hydrogens is 380 g/mol. The topological polar surface area (TPSA) is 42.4 Å². The van der Waals surface area contributed by atoms with Crippen LogP contribution in [0.15, 0.2) is 77.5 Å². The number of rotatable bonds is 5. The number of hydrogen-bond acceptors (Lipinski definition) is 3. The Morgan fingerprint density at radius 2 is 1.80 bits per heavy atom. The van der Waals surface area contributed by atoms with Crippen LogP contribution in [-0.4, -0.2) is 22.8 Å². The number of ether oxygens (including phenoxy) is 1. The molecule has 0 fully saturated rings. The molecule has 1 aromatic heterocycles. The number of hydrogen-bond donors (Lipinski definition) is 0. The van der Waals surface area contributed by atoms with Crippen LogP contribution in [-0.2, 0) is 6.54 Å². The van der Waals surface area contributed by atoms with Gasteiger partial charge in [-0.3, -0.25) is 9.78 Å². The Balaban J connectivity index is 1.67. The first-order valence-electron chi connectivity index (χ1n) is 7.80. The number of amides is 1. The van der Waals surface area contributed by atoms with E-state index in [-0.39, 0.29) is 5.91 Å². The second-order valence-electron chi connectivity index (χ2n) is 5.57. The normalized spacial score (nSPS) is 10.3. The molecule has 3 rings (SSSR count). The molecule has 1 heterocycles. The molecule has 0 aliphatic heterocycles. The summed E-state index contributed by atoms with van der Waals surface area (Å²) in [6, 6.07) is 18.6. The third kappa shape index (κ3) is 4.45. The SMILES string of the molecule is CN(Cc1ccccc1Br)C(=O)c1ccc(Oc2cccnc2)cc1. The summed E-state index contributed by atoms with van der Waals surface area (Å²) in [5.74, 6) is 1.29. The highest BCUT2D eigenvalue weighted by Gasteiger charge is 2.13. The smallest absolute Gasteiger partial charge is 0.253 e. The highest BCUT2D eigenvalue weighted by molar-refractivity contribution is 9.10. The summed E-state index contributed by atoms with van der Waals surface area (Å²) in [6.45, 7) is 0.536. The third-order valence-electron chi connectivity index (χ3n) is 3.68. The van der Waals surface area contributed by atoms with Crippen molar-refractivity contribution in [2.75, 3.05) is 7.05 Å². The largest absolute Gasteiger partial charge is 0.456 e. The van der Waals surface area contributed by atoms with E-state index in [4.69, 9.17) is 4.74 Å². The lowest BCUT2D eigenvalue weighted by molar-refractivity contribution is 0.0785. The molecule has 4 nitrogen and oxygen atoms in total. The number of carbonyl (C=O) groups is 1. The summed E-state index contributed by atoms with van der Waals surface area (Å²) >= 11 is 3.51. The fourth-order valence-corrected chi connectivity index (χ4v) is 2.79. The molecule has 0 N–H and O–H groups in total. The van der Waals surface area contributed by atoms with Crippen LogP contribution < -0.4 is 4.74 Å². The summed E-state index contributed by atoms with van der Waals surface area (Å²) in [6.07, 6.45) is 3.33. The molecule has 0 bridgehead atoms. The van der Waals surface area contributed by atoms with E-state index in [1.165, 1.54) is 0 Å². The Hall–Kier alpha value is -2.66. The molecule has 2 aromatic carbocycles. The maximum Gasteiger partial charge on any atom is 0.253 e. The van der Waals surface area contributed by atoms with Gasteiger partial charge in [0, 0.05) is 29.8 Å². The van der Waals surface area contributed by atoms with Crippen molar-refractivity contribution < 1.29 is 9.53 Å². The van der Waals surface area contributed by atoms with Crippen LogP contribution in [0.3, 0.4) is 0 Å². The van der Waals surface area contributed by atoms with E-state index in [1.54, 1.807) is 48.6 Å². The molecule has 126 valence electrons. The van der Waals surface area contributed by atoms with Crippen LogP contribution in [0.4, 0.5) is 0 Å². The lowest BCUT2D eigenvalue weighted by Crippen LogP contribution is -2.26. The van der Waals surface area contributed by atoms with Crippen LogP contribution in [0.2, 0.25) is 0 Å². The fourth-order valence-electron chi connectivity index (χ4n) is 2.38. The molecule has 0 spiro atoms. The van der Waals surface area contributed by atoms with E-state index in [0.29, 0.717) is 23.6 Å². The number of pyridine rings is 1. The molecule has 1 amide bonds. The second kappa shape index (κ2) is 7.94. The Kier molecular flexibility index (Phi) is 5.46. The van der Waals surface area contributed by atoms with Crippen molar-refractivity contribution in [2.24, 2.45) is 0 Å². The molecule has 3 aromatic rings. The van der Waals surface area contributed by atoms with Crippen LogP contribution >= 0.6 is 15.9 Å². The van der Waals surface area contributed by atoms with E-state index < -0.39 is 0 Å². The van der Waals surface area contributed by atoms with Gasteiger partial charge in [0.1, 0.15) is 11.5 Å². The number of benzene rings is 2. The van der Waals surface area contributed by atoms with Crippen molar-refractivity contribution in [3.63, 3.8) is 0 Å². The van der Waals surface area contributed by atoms with Crippen LogP contribution in [0.25, 0.3) is 0 Å². The highest BCUT2D eigenvalue weighted by Crippen LogP contribution is 2.22. The van der Waals surface area contributed by atoms with Crippen molar-refractivity contribution >= 4 is 21.8 Å². The Labute approximate surface area is 155 Å². The summed E-state index contributed by atoms with van der Waals surface area (Å²) in [7, 11) is 1.79. The Morgan fingerprint density at radius 1 is 1.04 bits per heavy atom. The van der Waals surface area contributed by atoms with Gasteiger partial charge in [-0.05, 0) is 48.0 Å². The summed E-state index contributed by atoms with van der Waals surface area (Å²) in [4.78, 5) is 18.3. The lowest BCUT2D eigenvalue weighted by atomic mass is 10.1. The number of carbonyl (C=O) groups excluding carboxylic acids is 1. The zero-order valence-electron chi connectivity index (χ0n) is 13.7. The van der Waals surface area contributed by atoms with Crippen LogP contribution in [0, 0.1) is 0 Å². The van der Waals surface area contributed by atoms with Gasteiger partial charge in [0.2, 0.25) is 0 Å². The Bertz CT molecular complexity index is 851. The number of aromatic nitrogens is 1. The van der Waals surface area contributed by atoms with Gasteiger partial charge < -0.3 is 9.64 Å². The maximum atomic E-state index is 12.6. The van der Waals surface area contributed by atoms with Crippen LogP contribution in [0.1, 0.15) is 15.9 Å². The average Bonchev–Trinajstić information content (AvgIpc) is 2.64. The average molecular weight is 397 g/mol. The summed E-state index contributed by atoms with van der Waals surface area (Å²) < 4.78 is 6.69. The minimum Gasteiger partial charge on any atom is -0.456 e. The van der Waals surface area contributed by atoms with Gasteiger partial charge in [-0.1, -0.05) is 34.1 Å². The highest BCUT2D eigenvalue weighted by atomic mass is 79.9. The minimum absolute atomic E-state index is 0.0383. The maximum absolute atomic E-state index is 12.6. The zero-order valence-corrected chi connectivity index (χ0v) is 15.3. The lowest BCUT2D eigenvalue weighted by Gasteiger charge is -2.18. The molecule has 25 heavy (non-hydrogen) atoms. The van der Waals surface area contributed by atoms with E-state index in [0.717, 1.165) is 10.0 Å². The Morgan fingerprint density at radius 3 is 2.48 bits per heavy atom. The first-order valence-corrected chi connectivity index (χ1v) is 8.59. The molecule has 0 unspecified atom stereocenters. The van der Waals surface area contributed by atoms with E-state index in [1.807, 2.05) is 36.4 Å². The fraction of sp³-hybridized carbons (Fsp3) is 0.100. The van der Waals surface area contributed by atoms with E-state index in [9.17, 15) is 4.79 Å². The molecule has 0 aliphatic rings. The van der Waals surface area contributed by atoms with Gasteiger partial charge in [-0.25, -0.2) is 0 Å². The monoisotopic (exact) mass is 396 g/mol. The molecule has 0 aliphatic carbocycles. The number of nitrogens with zero attached hydrogens (tertiary/aromatic N) is 2. The molecule has 0 atom stereocenters. The van der Waals surface area contributed by atoms with E-state index >= 15 is 0 Å². The zero-order chi connectivity index (χ0) is 17.6. The van der Waals surface area contributed by atoms with Gasteiger partial charge in [-0.15, -0.1) is 0 Å². The minimum atomic E-state index is -0.0383. The van der Waals surface area contributed by atoms with Crippen LogP contribution in [0.5, 0.6) is 11.5 Å². The first kappa shape index (κ1) is 17.2. The predicted molar refractivity (Wildman–Crippen MR) is 101 cm³/mol. The van der Waals surface area contributed by atoms with Crippen molar-refractivity contribution in [3.05, 3.63) is 88.7 Å². The van der Waals surface area contributed by atoms with Crippen molar-refractivity contribution in [2.45, 2.75) is 6.54 Å². The standard InChI is InChI=1S/C20H17BrN2O2/c1-23(14-16-5-2-3-7-19(16)21)20(24)15-8-10-17(11-9-15)25-18-6-4-12-22-13-18/h2-13H,14H2,1H3. The molecule has 5 heteroatoms. The molecule has 0 radical (unpaired) electrons. The van der Waals surface area contributed by atoms with Crippen molar-refractivity contribution in [1.82, 2.24) is 9.88 Å². The van der Waals surface area contributed by atoms with Gasteiger partial charge >= 0.3 is 0 Å². The predicted octanol–water partition coefficient (Wildman–Crippen LogP) is 4.91. The van der Waals surface area contributed by atoms with Gasteiger partial charge in [0.25, 0.3) is 5.91 Å². The summed E-state index contributed by atoms with van der Waals surface area (Å²) in [5, 5.41) is 0.